The zero-order chi connectivity index (χ0) is 14.5. The Bertz CT molecular complexity index is 595. The van der Waals surface area contributed by atoms with Crippen LogP contribution in [0.25, 0.3) is 0 Å². The number of benzene rings is 1. The van der Waals surface area contributed by atoms with Crippen molar-refractivity contribution in [1.82, 2.24) is 10.2 Å². The lowest BCUT2D eigenvalue weighted by molar-refractivity contribution is 0.0955. The van der Waals surface area contributed by atoms with Crippen LogP contribution < -0.4 is 5.32 Å². The number of nitrogens with one attached hydrogen (secondary N) is 1. The maximum Gasteiger partial charge on any atom is 0.261 e. The average Bonchev–Trinajstić information content (AvgIpc) is 2.83. The topological polar surface area (TPSA) is 32.3 Å². The first-order valence-corrected chi connectivity index (χ1v) is 7.92. The summed E-state index contributed by atoms with van der Waals surface area (Å²) in [6.07, 6.45) is 0. The van der Waals surface area contributed by atoms with Crippen LogP contribution >= 0.6 is 27.3 Å². The summed E-state index contributed by atoms with van der Waals surface area (Å²) in [5, 5.41) is 2.97. The second-order valence-corrected chi connectivity index (χ2v) is 7.26. The largest absolute Gasteiger partial charge is 0.347 e. The minimum atomic E-state index is -0.0274. The molecule has 1 aromatic carbocycles. The van der Waals surface area contributed by atoms with E-state index in [0.29, 0.717) is 6.54 Å². The van der Waals surface area contributed by atoms with Gasteiger partial charge < -0.3 is 10.2 Å². The van der Waals surface area contributed by atoms with Crippen LogP contribution in [0.2, 0.25) is 0 Å². The van der Waals surface area contributed by atoms with E-state index in [2.05, 4.69) is 38.3 Å². The average molecular weight is 353 g/mol. The molecule has 3 nitrogen and oxygen atoms in total. The van der Waals surface area contributed by atoms with Gasteiger partial charge in [-0.2, -0.15) is 0 Å². The third-order valence-electron chi connectivity index (χ3n) is 2.84. The Labute approximate surface area is 131 Å². The fourth-order valence-corrected chi connectivity index (χ4v) is 3.23. The number of thiophene rings is 1. The first-order valence-electron chi connectivity index (χ1n) is 6.31. The van der Waals surface area contributed by atoms with E-state index < -0.39 is 0 Å². The van der Waals surface area contributed by atoms with E-state index in [1.165, 1.54) is 16.9 Å². The van der Waals surface area contributed by atoms with Crippen LogP contribution in [0.5, 0.6) is 0 Å². The molecule has 0 aliphatic carbocycles. The molecule has 0 atom stereocenters. The fourth-order valence-electron chi connectivity index (χ4n) is 1.92. The molecule has 0 saturated carbocycles. The molecule has 0 fully saturated rings. The van der Waals surface area contributed by atoms with Crippen LogP contribution in [0.1, 0.15) is 20.8 Å². The molecule has 1 N–H and O–H groups in total. The molecule has 0 aliphatic heterocycles. The number of amides is 1. The Morgan fingerprint density at radius 1 is 1.20 bits per heavy atom. The molecule has 2 rings (SSSR count). The summed E-state index contributed by atoms with van der Waals surface area (Å²) in [7, 11) is 4.08. The Hall–Kier alpha value is -1.17. The van der Waals surface area contributed by atoms with Crippen LogP contribution in [0.3, 0.4) is 0 Å². The molecular formula is C15H17BrN2OS. The monoisotopic (exact) mass is 352 g/mol. The second-order valence-electron chi connectivity index (χ2n) is 4.79. The Morgan fingerprint density at radius 2 is 1.90 bits per heavy atom. The van der Waals surface area contributed by atoms with Gasteiger partial charge in [0.25, 0.3) is 5.91 Å². The quantitative estimate of drug-likeness (QED) is 0.892. The third-order valence-corrected chi connectivity index (χ3v) is 4.46. The molecule has 0 spiro atoms. The van der Waals surface area contributed by atoms with Crippen molar-refractivity contribution in [2.24, 2.45) is 0 Å². The van der Waals surface area contributed by atoms with Crippen molar-refractivity contribution in [2.45, 2.75) is 13.1 Å². The van der Waals surface area contributed by atoms with Crippen molar-refractivity contribution in [3.63, 3.8) is 0 Å². The Kier molecular flexibility index (Phi) is 5.34. The minimum absolute atomic E-state index is 0.0274. The van der Waals surface area contributed by atoms with E-state index in [1.54, 1.807) is 0 Å². The number of halogens is 1. The lowest BCUT2D eigenvalue weighted by Gasteiger charge is -2.14. The molecule has 20 heavy (non-hydrogen) atoms. The van der Waals surface area contributed by atoms with E-state index in [1.807, 2.05) is 38.4 Å². The summed E-state index contributed by atoms with van der Waals surface area (Å²) in [5.74, 6) is -0.0274. The van der Waals surface area contributed by atoms with Gasteiger partial charge in [-0.25, -0.2) is 0 Å². The summed E-state index contributed by atoms with van der Waals surface area (Å²) in [4.78, 5) is 14.9. The van der Waals surface area contributed by atoms with Gasteiger partial charge in [-0.1, -0.05) is 24.3 Å². The molecule has 0 aliphatic rings. The molecule has 106 valence electrons. The normalized spacial score (nSPS) is 10.8. The van der Waals surface area contributed by atoms with Crippen molar-refractivity contribution >= 4 is 33.2 Å². The molecule has 0 bridgehead atoms. The molecule has 2 aromatic rings. The second kappa shape index (κ2) is 7.02. The van der Waals surface area contributed by atoms with Crippen molar-refractivity contribution in [3.05, 3.63) is 56.2 Å². The molecule has 5 heteroatoms. The summed E-state index contributed by atoms with van der Waals surface area (Å²) >= 11 is 4.81. The number of carbonyl (C=O) groups is 1. The van der Waals surface area contributed by atoms with Crippen molar-refractivity contribution in [3.8, 4) is 0 Å². The van der Waals surface area contributed by atoms with Gasteiger partial charge in [0, 0.05) is 13.1 Å². The smallest absolute Gasteiger partial charge is 0.261 e. The molecule has 1 aromatic heterocycles. The number of nitrogens with zero attached hydrogens (tertiary/aromatic N) is 1. The highest BCUT2D eigenvalue weighted by Gasteiger charge is 2.09. The van der Waals surface area contributed by atoms with E-state index in [-0.39, 0.29) is 5.91 Å². The lowest BCUT2D eigenvalue weighted by atomic mass is 10.1. The van der Waals surface area contributed by atoms with Crippen molar-refractivity contribution < 1.29 is 4.79 Å². The maximum absolute atomic E-state index is 12.0. The number of hydrogen-bond acceptors (Lipinski definition) is 3. The van der Waals surface area contributed by atoms with Crippen LogP contribution in [0.15, 0.2) is 40.2 Å². The van der Waals surface area contributed by atoms with Gasteiger partial charge in [0.2, 0.25) is 0 Å². The first-order chi connectivity index (χ1) is 9.56. The molecule has 0 radical (unpaired) electrons. The van der Waals surface area contributed by atoms with E-state index in [0.717, 1.165) is 20.8 Å². The van der Waals surface area contributed by atoms with Gasteiger partial charge in [0.1, 0.15) is 0 Å². The van der Waals surface area contributed by atoms with Crippen LogP contribution in [0, 0.1) is 0 Å². The SMILES string of the molecule is CN(C)Cc1ccccc1CNC(=O)c1ccc(Br)s1. The fraction of sp³-hybridized carbons (Fsp3) is 0.267. The summed E-state index contributed by atoms with van der Waals surface area (Å²) in [6, 6.07) is 11.9. The molecule has 1 heterocycles. The summed E-state index contributed by atoms with van der Waals surface area (Å²) in [6.45, 7) is 1.43. The van der Waals surface area contributed by atoms with Crippen molar-refractivity contribution in [1.29, 1.82) is 0 Å². The standard InChI is InChI=1S/C15H17BrN2OS/c1-18(2)10-12-6-4-3-5-11(12)9-17-15(19)13-7-8-14(16)20-13/h3-8H,9-10H2,1-2H3,(H,17,19). The zero-order valence-electron chi connectivity index (χ0n) is 11.5. The molecule has 0 saturated heterocycles. The van der Waals surface area contributed by atoms with E-state index in [9.17, 15) is 4.79 Å². The van der Waals surface area contributed by atoms with Gasteiger partial charge in [-0.15, -0.1) is 11.3 Å². The van der Waals surface area contributed by atoms with Gasteiger partial charge >= 0.3 is 0 Å². The summed E-state index contributed by atoms with van der Waals surface area (Å²) in [5.41, 5.74) is 2.40. The molecule has 0 unspecified atom stereocenters. The predicted molar refractivity (Wildman–Crippen MR) is 87.0 cm³/mol. The minimum Gasteiger partial charge on any atom is -0.347 e. The number of hydrogen-bond donors (Lipinski definition) is 1. The third kappa shape index (κ3) is 4.16. The van der Waals surface area contributed by atoms with Crippen LogP contribution in [-0.4, -0.2) is 24.9 Å². The Balaban J connectivity index is 2.02. The van der Waals surface area contributed by atoms with Gasteiger partial charge in [-0.05, 0) is 53.3 Å². The number of carbonyl (C=O) groups excluding carboxylic acids is 1. The molecular weight excluding hydrogens is 336 g/mol. The Morgan fingerprint density at radius 3 is 2.50 bits per heavy atom. The highest BCUT2D eigenvalue weighted by Crippen LogP contribution is 2.22. The summed E-state index contributed by atoms with van der Waals surface area (Å²) < 4.78 is 0.968. The highest BCUT2D eigenvalue weighted by molar-refractivity contribution is 9.11. The van der Waals surface area contributed by atoms with Crippen LogP contribution in [0.4, 0.5) is 0 Å². The van der Waals surface area contributed by atoms with Gasteiger partial charge in [-0.3, -0.25) is 4.79 Å². The number of rotatable bonds is 5. The first kappa shape index (κ1) is 15.2. The maximum atomic E-state index is 12.0. The van der Waals surface area contributed by atoms with E-state index >= 15 is 0 Å². The van der Waals surface area contributed by atoms with Gasteiger partial charge in [0.05, 0.1) is 8.66 Å². The van der Waals surface area contributed by atoms with Crippen LogP contribution in [-0.2, 0) is 13.1 Å². The van der Waals surface area contributed by atoms with Crippen molar-refractivity contribution in [2.75, 3.05) is 14.1 Å². The van der Waals surface area contributed by atoms with E-state index in [4.69, 9.17) is 0 Å². The van der Waals surface area contributed by atoms with Gasteiger partial charge in [0.15, 0.2) is 0 Å². The predicted octanol–water partition coefficient (Wildman–Crippen LogP) is 3.50. The highest BCUT2D eigenvalue weighted by atomic mass is 79.9. The lowest BCUT2D eigenvalue weighted by Crippen LogP contribution is -2.23. The zero-order valence-corrected chi connectivity index (χ0v) is 13.9. The molecule has 1 amide bonds.